The van der Waals surface area contributed by atoms with Crippen LogP contribution >= 0.6 is 0 Å². The number of nitrogens with zero attached hydrogens (tertiary/aromatic N) is 2. The number of fused-ring (bicyclic) bond motifs is 1. The predicted molar refractivity (Wildman–Crippen MR) is 78.4 cm³/mol. The molecule has 0 spiro atoms. The Kier molecular flexibility index (Phi) is 3.70. The molecule has 1 aliphatic rings. The lowest BCUT2D eigenvalue weighted by Crippen LogP contribution is -2.51. The summed E-state index contributed by atoms with van der Waals surface area (Å²) in [4.78, 5) is 26.8. The first kappa shape index (κ1) is 14.4. The molecule has 1 aromatic carbocycles. The molecular weight excluding hydrogens is 256 g/mol. The van der Waals surface area contributed by atoms with Crippen LogP contribution in [0.15, 0.2) is 18.2 Å². The Morgan fingerprint density at radius 3 is 2.55 bits per heavy atom. The monoisotopic (exact) mass is 276 g/mol. The summed E-state index contributed by atoms with van der Waals surface area (Å²) < 4.78 is 0. The zero-order valence-electron chi connectivity index (χ0n) is 12.3. The minimum atomic E-state index is -0.966. The Bertz CT molecular complexity index is 554. The maximum atomic E-state index is 12.4. The molecule has 2 rings (SSSR count). The fourth-order valence-electron chi connectivity index (χ4n) is 2.72. The summed E-state index contributed by atoms with van der Waals surface area (Å²) in [5.74, 6) is -0.841. The summed E-state index contributed by atoms with van der Waals surface area (Å²) in [5.41, 5.74) is 2.89. The van der Waals surface area contributed by atoms with E-state index in [-0.39, 0.29) is 12.3 Å². The highest BCUT2D eigenvalue weighted by Crippen LogP contribution is 2.40. The first-order chi connectivity index (χ1) is 9.34. The first-order valence-corrected chi connectivity index (χ1v) is 6.69. The van der Waals surface area contributed by atoms with Crippen molar-refractivity contribution in [3.05, 3.63) is 23.8 Å². The number of likely N-dealkylation sites (N-methyl/N-ethyl adjacent to an activating group) is 2. The molecular formula is C15H20N2O3. The van der Waals surface area contributed by atoms with E-state index in [0.717, 1.165) is 16.9 Å². The second-order valence-electron chi connectivity index (χ2n) is 5.49. The molecule has 0 saturated heterocycles. The summed E-state index contributed by atoms with van der Waals surface area (Å²) in [6, 6.07) is 5.25. The van der Waals surface area contributed by atoms with E-state index in [0.29, 0.717) is 5.92 Å². The number of hydrogen-bond donors (Lipinski definition) is 1. The number of carboxylic acids is 1. The number of benzene rings is 1. The fourth-order valence-corrected chi connectivity index (χ4v) is 2.72. The molecule has 1 aromatic rings. The van der Waals surface area contributed by atoms with E-state index in [9.17, 15) is 9.59 Å². The van der Waals surface area contributed by atoms with E-state index in [1.54, 1.807) is 23.9 Å². The van der Waals surface area contributed by atoms with Gasteiger partial charge in [-0.3, -0.25) is 9.59 Å². The molecule has 0 radical (unpaired) electrons. The molecule has 0 fully saturated rings. The van der Waals surface area contributed by atoms with Gasteiger partial charge < -0.3 is 14.9 Å². The van der Waals surface area contributed by atoms with Gasteiger partial charge in [-0.1, -0.05) is 26.0 Å². The van der Waals surface area contributed by atoms with Crippen molar-refractivity contribution in [1.82, 2.24) is 0 Å². The molecule has 0 bridgehead atoms. The van der Waals surface area contributed by atoms with Crippen molar-refractivity contribution in [2.75, 3.05) is 23.9 Å². The average molecular weight is 276 g/mol. The summed E-state index contributed by atoms with van der Waals surface area (Å²) >= 11 is 0. The molecule has 1 amide bonds. The topological polar surface area (TPSA) is 60.9 Å². The van der Waals surface area contributed by atoms with Crippen molar-refractivity contribution >= 4 is 23.3 Å². The van der Waals surface area contributed by atoms with Crippen molar-refractivity contribution in [2.45, 2.75) is 32.2 Å². The number of hydrogen-bond acceptors (Lipinski definition) is 3. The number of carbonyl (C=O) groups excluding carboxylic acids is 1. The second kappa shape index (κ2) is 5.15. The molecule has 1 aliphatic heterocycles. The third-order valence-corrected chi connectivity index (χ3v) is 3.83. The van der Waals surface area contributed by atoms with E-state index >= 15 is 0 Å². The van der Waals surface area contributed by atoms with Crippen molar-refractivity contribution in [1.29, 1.82) is 0 Å². The molecule has 0 saturated carbocycles. The van der Waals surface area contributed by atoms with Gasteiger partial charge in [0.1, 0.15) is 6.04 Å². The minimum Gasteiger partial charge on any atom is -0.481 e. The standard InChI is InChI=1S/C15H20N2O3/c1-9(2)10-6-5-7-11-14(10)17(4)15(20)12(16(11)3)8-13(18)19/h5-7,9,12H,8H2,1-4H3,(H,18,19). The van der Waals surface area contributed by atoms with Crippen LogP contribution in [0.5, 0.6) is 0 Å². The molecule has 20 heavy (non-hydrogen) atoms. The number of anilines is 2. The first-order valence-electron chi connectivity index (χ1n) is 6.69. The van der Waals surface area contributed by atoms with Crippen molar-refractivity contribution in [3.8, 4) is 0 Å². The molecule has 0 aliphatic carbocycles. The van der Waals surface area contributed by atoms with Gasteiger partial charge in [0.05, 0.1) is 17.8 Å². The quantitative estimate of drug-likeness (QED) is 0.918. The molecule has 1 N–H and O–H groups in total. The molecule has 108 valence electrons. The van der Waals surface area contributed by atoms with E-state index in [1.807, 2.05) is 18.2 Å². The highest BCUT2D eigenvalue weighted by atomic mass is 16.4. The van der Waals surface area contributed by atoms with Crippen LogP contribution in [0, 0.1) is 0 Å². The number of para-hydroxylation sites is 1. The lowest BCUT2D eigenvalue weighted by Gasteiger charge is -2.40. The lowest BCUT2D eigenvalue weighted by molar-refractivity contribution is -0.139. The van der Waals surface area contributed by atoms with Gasteiger partial charge in [0.25, 0.3) is 0 Å². The summed E-state index contributed by atoms with van der Waals surface area (Å²) in [6.45, 7) is 4.16. The fraction of sp³-hybridized carbons (Fsp3) is 0.467. The van der Waals surface area contributed by atoms with E-state index in [4.69, 9.17) is 5.11 Å². The van der Waals surface area contributed by atoms with Crippen molar-refractivity contribution in [2.24, 2.45) is 0 Å². The van der Waals surface area contributed by atoms with Crippen LogP contribution in [0.2, 0.25) is 0 Å². The van der Waals surface area contributed by atoms with Gasteiger partial charge in [-0.05, 0) is 17.5 Å². The Balaban J connectivity index is 2.54. The zero-order valence-corrected chi connectivity index (χ0v) is 12.3. The van der Waals surface area contributed by atoms with Crippen LogP contribution in [0.4, 0.5) is 11.4 Å². The van der Waals surface area contributed by atoms with E-state index in [1.165, 1.54) is 0 Å². The number of carboxylic acid groups (broad SMARTS) is 1. The van der Waals surface area contributed by atoms with Crippen LogP contribution in [-0.2, 0) is 9.59 Å². The highest BCUT2D eigenvalue weighted by Gasteiger charge is 2.37. The Morgan fingerprint density at radius 1 is 1.35 bits per heavy atom. The lowest BCUT2D eigenvalue weighted by atomic mass is 9.95. The summed E-state index contributed by atoms with van der Waals surface area (Å²) in [5, 5.41) is 8.98. The van der Waals surface area contributed by atoms with Crippen LogP contribution < -0.4 is 9.80 Å². The number of carbonyl (C=O) groups is 2. The highest BCUT2D eigenvalue weighted by molar-refractivity contribution is 6.07. The van der Waals surface area contributed by atoms with Gasteiger partial charge in [0.2, 0.25) is 5.91 Å². The van der Waals surface area contributed by atoms with E-state index in [2.05, 4.69) is 13.8 Å². The number of aliphatic carboxylic acids is 1. The van der Waals surface area contributed by atoms with Crippen LogP contribution in [0.25, 0.3) is 0 Å². The zero-order chi connectivity index (χ0) is 15.0. The third-order valence-electron chi connectivity index (χ3n) is 3.83. The van der Waals surface area contributed by atoms with Crippen LogP contribution in [-0.4, -0.2) is 37.1 Å². The maximum absolute atomic E-state index is 12.4. The molecule has 0 aromatic heterocycles. The molecule has 1 unspecified atom stereocenters. The molecule has 1 atom stereocenters. The molecule has 5 nitrogen and oxygen atoms in total. The summed E-state index contributed by atoms with van der Waals surface area (Å²) in [7, 11) is 3.50. The third kappa shape index (κ3) is 2.24. The number of amides is 1. The number of rotatable bonds is 3. The Hall–Kier alpha value is -2.04. The van der Waals surface area contributed by atoms with Gasteiger partial charge >= 0.3 is 5.97 Å². The average Bonchev–Trinajstić information content (AvgIpc) is 2.40. The largest absolute Gasteiger partial charge is 0.481 e. The normalized spacial score (nSPS) is 18.4. The Morgan fingerprint density at radius 2 is 2.00 bits per heavy atom. The minimum absolute atomic E-state index is 0.171. The smallest absolute Gasteiger partial charge is 0.305 e. The SMILES string of the molecule is CC(C)c1cccc2c1N(C)C(=O)C(CC(=O)O)N2C. The van der Waals surface area contributed by atoms with E-state index < -0.39 is 12.0 Å². The predicted octanol–water partition coefficient (Wildman–Crippen LogP) is 2.07. The molecule has 1 heterocycles. The van der Waals surface area contributed by atoms with Crippen molar-refractivity contribution < 1.29 is 14.7 Å². The van der Waals surface area contributed by atoms with Gasteiger partial charge in [-0.2, -0.15) is 0 Å². The molecule has 5 heteroatoms. The maximum Gasteiger partial charge on any atom is 0.305 e. The van der Waals surface area contributed by atoms with Gasteiger partial charge in [0, 0.05) is 14.1 Å². The summed E-state index contributed by atoms with van der Waals surface area (Å²) in [6.07, 6.45) is -0.189. The Labute approximate surface area is 118 Å². The van der Waals surface area contributed by atoms with Gasteiger partial charge in [-0.25, -0.2) is 0 Å². The van der Waals surface area contributed by atoms with Gasteiger partial charge in [-0.15, -0.1) is 0 Å². The second-order valence-corrected chi connectivity index (χ2v) is 5.49. The van der Waals surface area contributed by atoms with Crippen LogP contribution in [0.1, 0.15) is 31.7 Å². The van der Waals surface area contributed by atoms with Crippen molar-refractivity contribution in [3.63, 3.8) is 0 Å². The van der Waals surface area contributed by atoms with Gasteiger partial charge in [0.15, 0.2) is 0 Å². The van der Waals surface area contributed by atoms with Crippen LogP contribution in [0.3, 0.4) is 0 Å².